The highest BCUT2D eigenvalue weighted by molar-refractivity contribution is 8.00. The Bertz CT molecular complexity index is 2240. The van der Waals surface area contributed by atoms with E-state index >= 15 is 0 Å². The van der Waals surface area contributed by atoms with E-state index < -0.39 is 5.82 Å². The second kappa shape index (κ2) is 33.8. The number of ether oxygens (including phenoxy) is 3. The second-order valence-electron chi connectivity index (χ2n) is 18.5. The van der Waals surface area contributed by atoms with Crippen molar-refractivity contribution < 1.29 is 42.6 Å². The summed E-state index contributed by atoms with van der Waals surface area (Å²) in [5.41, 5.74) is 2.91. The molecule has 2 fully saturated rings. The van der Waals surface area contributed by atoms with E-state index in [1.54, 1.807) is 30.3 Å². The second-order valence-corrected chi connectivity index (χ2v) is 19.8. The molecule has 0 saturated carbocycles. The van der Waals surface area contributed by atoms with Crippen molar-refractivity contribution in [3.8, 4) is 0 Å². The lowest BCUT2D eigenvalue weighted by atomic mass is 10.0. The molecular weight excluding hydrogens is 970 g/mol. The lowest BCUT2D eigenvalue weighted by Crippen LogP contribution is -2.38. The van der Waals surface area contributed by atoms with Crippen molar-refractivity contribution in [2.45, 2.75) is 101 Å². The van der Waals surface area contributed by atoms with Gasteiger partial charge in [0.25, 0.3) is 0 Å². The molecule has 3 heterocycles. The van der Waals surface area contributed by atoms with Gasteiger partial charge in [-0.1, -0.05) is 30.7 Å². The van der Waals surface area contributed by atoms with Crippen LogP contribution in [0.2, 0.25) is 0 Å². The molecule has 0 aliphatic carbocycles. The number of nitrogens with one attached hydrogen (secondary N) is 7. The smallest absolute Gasteiger partial charge is 0.317 e. The number of thioether (sulfide) groups is 1. The molecule has 406 valence electrons. The van der Waals surface area contributed by atoms with Gasteiger partial charge in [-0.15, -0.1) is 0 Å². The van der Waals surface area contributed by atoms with Crippen LogP contribution in [0.25, 0.3) is 0 Å². The number of anilines is 5. The van der Waals surface area contributed by atoms with Gasteiger partial charge >= 0.3 is 6.03 Å². The molecule has 2 aliphatic rings. The number of fused-ring (bicyclic) bond motifs is 1. The fourth-order valence-electron chi connectivity index (χ4n) is 8.30. The maximum Gasteiger partial charge on any atom is 0.317 e. The lowest BCUT2D eigenvalue weighted by molar-refractivity contribution is -0.123. The normalized spacial score (nSPS) is 16.0. The molecule has 0 radical (unpaired) electrons. The molecule has 2 aliphatic heterocycles. The predicted octanol–water partition coefficient (Wildman–Crippen LogP) is 6.43. The topological polar surface area (TPSA) is 230 Å². The minimum absolute atomic E-state index is 0.0220. The quantitative estimate of drug-likeness (QED) is 0.0188. The van der Waals surface area contributed by atoms with Crippen molar-refractivity contribution in [1.82, 2.24) is 41.0 Å². The SMILES string of the molecule is Cc1cccc(Nc2nc(Nc3cccc(NC(=O)/C=C/CN(C)CCCCNC(=O)CCCC(=O)NCCCOCCCOCCOCCCNC(=O)CCCC[C@@H]4SC[C@@H]5NC(=O)N(C)C54)c3)ncc2F)c1. The highest BCUT2D eigenvalue weighted by Crippen LogP contribution is 2.36. The number of urea groups is 1. The van der Waals surface area contributed by atoms with Crippen molar-refractivity contribution in [2.24, 2.45) is 0 Å². The molecule has 74 heavy (non-hydrogen) atoms. The molecule has 7 N–H and O–H groups in total. The third-order valence-corrected chi connectivity index (χ3v) is 13.7. The van der Waals surface area contributed by atoms with Gasteiger partial charge in [-0.2, -0.15) is 16.7 Å². The molecule has 6 amide bonds. The van der Waals surface area contributed by atoms with Gasteiger partial charge in [0.1, 0.15) is 0 Å². The number of rotatable bonds is 37. The van der Waals surface area contributed by atoms with E-state index in [1.807, 2.05) is 61.9 Å². The first-order valence-corrected chi connectivity index (χ1v) is 27.1. The Morgan fingerprint density at radius 3 is 2.11 bits per heavy atom. The number of halogens is 1. The third-order valence-electron chi connectivity index (χ3n) is 12.2. The lowest BCUT2D eigenvalue weighted by Gasteiger charge is -2.23. The maximum atomic E-state index is 14.5. The van der Waals surface area contributed by atoms with Crippen molar-refractivity contribution in [3.05, 3.63) is 78.3 Å². The first-order valence-electron chi connectivity index (χ1n) is 26.0. The fourth-order valence-corrected chi connectivity index (χ4v) is 9.94. The van der Waals surface area contributed by atoms with Crippen LogP contribution < -0.4 is 37.2 Å². The number of likely N-dealkylation sites (N-methyl/N-ethyl adjacent to an activating group) is 2. The highest BCUT2D eigenvalue weighted by atomic mass is 32.2. The van der Waals surface area contributed by atoms with Gasteiger partial charge in [0, 0.05) is 113 Å². The molecule has 2 aromatic carbocycles. The first kappa shape index (κ1) is 59.0. The monoisotopic (exact) mass is 1050 g/mol. The van der Waals surface area contributed by atoms with Gasteiger partial charge in [0.05, 0.1) is 31.5 Å². The average Bonchev–Trinajstić information content (AvgIpc) is 3.90. The molecule has 3 aromatic rings. The molecule has 0 bridgehead atoms. The number of unbranched alkanes of at least 4 members (excludes halogenated alkanes) is 2. The van der Waals surface area contributed by atoms with Crippen LogP contribution in [0.3, 0.4) is 0 Å². The van der Waals surface area contributed by atoms with E-state index in [4.69, 9.17) is 14.2 Å². The number of aromatic nitrogens is 2. The molecule has 5 rings (SSSR count). The van der Waals surface area contributed by atoms with Crippen molar-refractivity contribution in [1.29, 1.82) is 0 Å². The Hall–Kier alpha value is -5.87. The summed E-state index contributed by atoms with van der Waals surface area (Å²) in [5.74, 6) is 0.249. The number of nitrogens with zero attached hydrogens (tertiary/aromatic N) is 4. The average molecular weight is 1050 g/mol. The summed E-state index contributed by atoms with van der Waals surface area (Å²) in [5, 5.41) is 21.2. The Morgan fingerprint density at radius 1 is 0.784 bits per heavy atom. The molecule has 0 spiro atoms. The van der Waals surface area contributed by atoms with E-state index in [-0.39, 0.29) is 59.9 Å². The van der Waals surface area contributed by atoms with Crippen LogP contribution >= 0.6 is 11.8 Å². The Morgan fingerprint density at radius 2 is 1.41 bits per heavy atom. The number of aryl methyl sites for hydroxylation is 1. The molecule has 19 nitrogen and oxygen atoms in total. The molecule has 3 atom stereocenters. The number of carbonyl (C=O) groups is 5. The zero-order valence-corrected chi connectivity index (χ0v) is 44.2. The molecular formula is C53H78FN11O8S. The van der Waals surface area contributed by atoms with E-state index in [1.165, 1.54) is 6.08 Å². The van der Waals surface area contributed by atoms with Crippen LogP contribution in [-0.4, -0.2) is 159 Å². The number of amides is 6. The van der Waals surface area contributed by atoms with Gasteiger partial charge in [-0.3, -0.25) is 19.2 Å². The summed E-state index contributed by atoms with van der Waals surface area (Å²) < 4.78 is 31.3. The molecule has 2 saturated heterocycles. The van der Waals surface area contributed by atoms with Crippen LogP contribution in [0, 0.1) is 12.7 Å². The molecule has 1 aromatic heterocycles. The Balaban J connectivity index is 0.749. The fraction of sp³-hybridized carbons (Fsp3) is 0.566. The number of carbonyl (C=O) groups excluding carboxylic acids is 5. The molecule has 21 heteroatoms. The van der Waals surface area contributed by atoms with Crippen LogP contribution in [0.15, 0.2) is 66.9 Å². The summed E-state index contributed by atoms with van der Waals surface area (Å²) in [4.78, 5) is 73.4. The van der Waals surface area contributed by atoms with Crippen LogP contribution in [0.4, 0.5) is 38.0 Å². The van der Waals surface area contributed by atoms with Gasteiger partial charge in [-0.25, -0.2) is 14.2 Å². The predicted molar refractivity (Wildman–Crippen MR) is 288 cm³/mol. The summed E-state index contributed by atoms with van der Waals surface area (Å²) >= 11 is 1.92. The van der Waals surface area contributed by atoms with Crippen molar-refractivity contribution in [3.63, 3.8) is 0 Å². The Kier molecular flexibility index (Phi) is 27.0. The zero-order valence-electron chi connectivity index (χ0n) is 43.4. The third kappa shape index (κ3) is 23.1. The van der Waals surface area contributed by atoms with Crippen LogP contribution in [-0.2, 0) is 33.4 Å². The van der Waals surface area contributed by atoms with Crippen molar-refractivity contribution in [2.75, 3.05) is 108 Å². The van der Waals surface area contributed by atoms with Gasteiger partial charge < -0.3 is 61.2 Å². The number of benzene rings is 2. The minimum Gasteiger partial charge on any atom is -0.381 e. The Labute approximate surface area is 440 Å². The van der Waals surface area contributed by atoms with E-state index in [0.29, 0.717) is 114 Å². The van der Waals surface area contributed by atoms with E-state index in [2.05, 4.69) is 52.1 Å². The highest BCUT2D eigenvalue weighted by Gasteiger charge is 2.46. The summed E-state index contributed by atoms with van der Waals surface area (Å²) in [7, 11) is 3.83. The maximum absolute atomic E-state index is 14.5. The van der Waals surface area contributed by atoms with Crippen LogP contribution in [0.1, 0.15) is 82.6 Å². The van der Waals surface area contributed by atoms with E-state index in [0.717, 1.165) is 69.0 Å². The van der Waals surface area contributed by atoms with Gasteiger partial charge in [0.2, 0.25) is 29.6 Å². The van der Waals surface area contributed by atoms with E-state index in [9.17, 15) is 28.4 Å². The summed E-state index contributed by atoms with van der Waals surface area (Å²) in [6.45, 7) is 8.21. The standard InChI is InChI=1S/C53H78FN11O8S/c1-39-15-8-16-40(35-39)60-51-43(54)37-58-52(63-51)61-42-18-9-17-41(36-42)59-49(69)23-11-28-64(2)27-7-6-24-55-47(67)21-10-22-48(68)57-25-12-29-71-31-14-32-73-34-33-72-30-13-26-56-46(66)20-5-4-19-45-50-44(38-74-45)62-53(70)65(50)3/h8-9,11,15-18,23,35-37,44-45,50H,4-7,10,12-14,19-22,24-34,38H2,1-3H3,(H,55,67)(H,56,66)(H,57,68)(H,59,69)(H,62,70)(H2,58,60,61,63)/b23-11+/t44-,45-,50?/m0/s1. The largest absolute Gasteiger partial charge is 0.381 e. The van der Waals surface area contributed by atoms with Gasteiger partial charge in [-0.05, 0) is 108 Å². The minimum atomic E-state index is -0.586. The zero-order chi connectivity index (χ0) is 52.8. The summed E-state index contributed by atoms with van der Waals surface area (Å²) in [6.07, 6.45) is 12.7. The number of hydrogen-bond acceptors (Lipinski definition) is 14. The van der Waals surface area contributed by atoms with Gasteiger partial charge in [0.15, 0.2) is 11.6 Å². The van der Waals surface area contributed by atoms with Crippen LogP contribution in [0.5, 0.6) is 0 Å². The van der Waals surface area contributed by atoms with Crippen molar-refractivity contribution >= 4 is 70.3 Å². The summed E-state index contributed by atoms with van der Waals surface area (Å²) in [6, 6.07) is 15.1. The number of hydrogen-bond donors (Lipinski definition) is 7. The first-order chi connectivity index (χ1) is 35.9. The molecule has 1 unspecified atom stereocenters.